The summed E-state index contributed by atoms with van der Waals surface area (Å²) in [6.45, 7) is 7.16. The molecule has 2 aliphatic heterocycles. The number of ether oxygens (including phenoxy) is 1. The van der Waals surface area contributed by atoms with Gasteiger partial charge in [-0.05, 0) is 70.0 Å². The van der Waals surface area contributed by atoms with Gasteiger partial charge in [-0.25, -0.2) is 4.39 Å². The van der Waals surface area contributed by atoms with E-state index in [-0.39, 0.29) is 53.0 Å². The van der Waals surface area contributed by atoms with Crippen LogP contribution in [0.1, 0.15) is 55.1 Å². The van der Waals surface area contributed by atoms with E-state index in [1.807, 2.05) is 28.2 Å². The van der Waals surface area contributed by atoms with Crippen molar-refractivity contribution >= 4 is 51.6 Å². The van der Waals surface area contributed by atoms with Gasteiger partial charge in [-0.1, -0.05) is 29.3 Å². The molecule has 6 rings (SSSR count). The molecule has 2 unspecified atom stereocenters. The Balaban J connectivity index is 1.33. The van der Waals surface area contributed by atoms with E-state index < -0.39 is 17.2 Å². The first-order valence-electron chi connectivity index (χ1n) is 15.0. The van der Waals surface area contributed by atoms with Gasteiger partial charge in [0, 0.05) is 54.0 Å². The van der Waals surface area contributed by atoms with E-state index in [4.69, 9.17) is 27.9 Å². The lowest BCUT2D eigenvalue weighted by molar-refractivity contribution is -0.138. The van der Waals surface area contributed by atoms with Gasteiger partial charge in [-0.15, -0.1) is 0 Å². The molecular weight excluding hydrogens is 608 g/mol. The number of rotatable bonds is 8. The van der Waals surface area contributed by atoms with E-state index in [0.29, 0.717) is 40.8 Å². The van der Waals surface area contributed by atoms with E-state index in [2.05, 4.69) is 10.2 Å². The van der Waals surface area contributed by atoms with Crippen molar-refractivity contribution in [1.29, 1.82) is 0 Å². The first kappa shape index (κ1) is 30.7. The predicted molar refractivity (Wildman–Crippen MR) is 170 cm³/mol. The van der Waals surface area contributed by atoms with Crippen molar-refractivity contribution in [3.8, 4) is 5.75 Å². The number of anilines is 1. The summed E-state index contributed by atoms with van der Waals surface area (Å²) in [7, 11) is 1.47. The van der Waals surface area contributed by atoms with Gasteiger partial charge in [0.05, 0.1) is 24.6 Å². The van der Waals surface area contributed by atoms with Crippen molar-refractivity contribution in [3.05, 3.63) is 67.7 Å². The highest BCUT2D eigenvalue weighted by Crippen LogP contribution is 2.44. The number of piperazine rings is 1. The molecule has 2 atom stereocenters. The van der Waals surface area contributed by atoms with Gasteiger partial charge in [0.2, 0.25) is 11.3 Å². The SMILES string of the molecule is COc1c(N2CC(C)N(C(=O)CN3CCC3)C(C)C2)c(F)cc2c(=O)c(C(=O)NCc3ccc(Cl)cc3Cl)cn(C3CC3)c12. The number of fused-ring (bicyclic) bond motifs is 1. The van der Waals surface area contributed by atoms with E-state index >= 15 is 4.39 Å². The first-order chi connectivity index (χ1) is 21.1. The van der Waals surface area contributed by atoms with Gasteiger partial charge in [-0.2, -0.15) is 0 Å². The average Bonchev–Trinajstić information content (AvgIpc) is 3.79. The van der Waals surface area contributed by atoms with Crippen LogP contribution in [0.2, 0.25) is 10.0 Å². The molecule has 3 fully saturated rings. The molecule has 3 heterocycles. The molecule has 2 saturated heterocycles. The molecule has 3 aliphatic rings. The molecule has 0 radical (unpaired) electrons. The Labute approximate surface area is 265 Å². The summed E-state index contributed by atoms with van der Waals surface area (Å²) in [5, 5.41) is 3.72. The molecule has 234 valence electrons. The van der Waals surface area contributed by atoms with Gasteiger partial charge in [0.1, 0.15) is 11.3 Å². The fraction of sp³-hybridized carbons (Fsp3) is 0.469. The fourth-order valence-electron chi connectivity index (χ4n) is 6.48. The van der Waals surface area contributed by atoms with Crippen LogP contribution in [-0.4, -0.2) is 78.1 Å². The topological polar surface area (TPSA) is 87.1 Å². The van der Waals surface area contributed by atoms with Crippen LogP contribution in [0.15, 0.2) is 35.3 Å². The molecule has 1 aromatic heterocycles. The predicted octanol–water partition coefficient (Wildman–Crippen LogP) is 4.85. The number of hydrogen-bond acceptors (Lipinski definition) is 6. The second-order valence-corrected chi connectivity index (χ2v) is 12.9. The monoisotopic (exact) mass is 643 g/mol. The molecule has 3 aromatic rings. The average molecular weight is 645 g/mol. The summed E-state index contributed by atoms with van der Waals surface area (Å²) >= 11 is 12.2. The van der Waals surface area contributed by atoms with Crippen LogP contribution < -0.4 is 20.4 Å². The zero-order valence-corrected chi connectivity index (χ0v) is 26.6. The zero-order valence-electron chi connectivity index (χ0n) is 25.0. The number of nitrogens with zero attached hydrogens (tertiary/aromatic N) is 4. The minimum Gasteiger partial charge on any atom is -0.492 e. The summed E-state index contributed by atoms with van der Waals surface area (Å²) in [5.74, 6) is -0.854. The minimum absolute atomic E-state index is 0.0522. The molecule has 1 N–H and O–H groups in total. The number of carbonyl (C=O) groups is 2. The lowest BCUT2D eigenvalue weighted by Crippen LogP contribution is -2.61. The Hall–Kier alpha value is -3.34. The van der Waals surface area contributed by atoms with Crippen LogP contribution in [0, 0.1) is 5.82 Å². The smallest absolute Gasteiger partial charge is 0.257 e. The molecule has 1 saturated carbocycles. The number of nitrogens with one attached hydrogen (secondary N) is 1. The summed E-state index contributed by atoms with van der Waals surface area (Å²) in [5.41, 5.74) is 0.710. The van der Waals surface area contributed by atoms with Crippen molar-refractivity contribution in [2.75, 3.05) is 44.7 Å². The highest BCUT2D eigenvalue weighted by Gasteiger charge is 2.37. The maximum atomic E-state index is 16.1. The Bertz CT molecular complexity index is 1680. The Morgan fingerprint density at radius 2 is 1.80 bits per heavy atom. The number of benzene rings is 2. The molecule has 0 spiro atoms. The highest BCUT2D eigenvalue weighted by atomic mass is 35.5. The minimum atomic E-state index is -0.612. The fourth-order valence-corrected chi connectivity index (χ4v) is 6.95. The largest absolute Gasteiger partial charge is 0.492 e. The van der Waals surface area contributed by atoms with Crippen molar-refractivity contribution in [2.45, 2.75) is 57.8 Å². The Kier molecular flexibility index (Phi) is 8.52. The van der Waals surface area contributed by atoms with Gasteiger partial charge < -0.3 is 24.4 Å². The zero-order chi connectivity index (χ0) is 31.3. The number of pyridine rings is 1. The molecule has 2 amide bonds. The number of likely N-dealkylation sites (tertiary alicyclic amines) is 1. The standard InChI is InChI=1S/C32H36Cl2FN5O4/c1-18-14-38(15-19(2)40(18)27(41)17-37-9-4-10-37)29-26(35)12-23-28(31(29)44-3)39(22-7-8-22)16-24(30(23)42)32(43)36-13-20-5-6-21(33)11-25(20)34/h5-6,11-12,16,18-19,22H,4,7-10,13-15,17H2,1-3H3,(H,36,43). The molecule has 12 heteroatoms. The van der Waals surface area contributed by atoms with Gasteiger partial charge in [0.25, 0.3) is 5.91 Å². The van der Waals surface area contributed by atoms with E-state index in [9.17, 15) is 14.4 Å². The van der Waals surface area contributed by atoms with Crippen LogP contribution in [0.3, 0.4) is 0 Å². The maximum absolute atomic E-state index is 16.1. The van der Waals surface area contributed by atoms with Crippen molar-refractivity contribution in [1.82, 2.24) is 19.7 Å². The van der Waals surface area contributed by atoms with Crippen molar-refractivity contribution in [3.63, 3.8) is 0 Å². The van der Waals surface area contributed by atoms with Crippen LogP contribution in [0.4, 0.5) is 10.1 Å². The summed E-state index contributed by atoms with van der Waals surface area (Å²) < 4.78 is 23.8. The van der Waals surface area contributed by atoms with E-state index in [1.54, 1.807) is 24.4 Å². The third-order valence-electron chi connectivity index (χ3n) is 8.87. The number of methoxy groups -OCH3 is 1. The third kappa shape index (κ3) is 5.75. The van der Waals surface area contributed by atoms with Crippen molar-refractivity contribution < 1.29 is 18.7 Å². The normalized spacial score (nSPS) is 20.5. The quantitative estimate of drug-likeness (QED) is 0.378. The molecule has 1 aliphatic carbocycles. The highest BCUT2D eigenvalue weighted by molar-refractivity contribution is 6.35. The lowest BCUT2D eigenvalue weighted by atomic mass is 10.0. The number of hydrogen-bond donors (Lipinski definition) is 1. The van der Waals surface area contributed by atoms with E-state index in [0.717, 1.165) is 32.4 Å². The maximum Gasteiger partial charge on any atom is 0.257 e. The van der Waals surface area contributed by atoms with Crippen LogP contribution in [-0.2, 0) is 11.3 Å². The number of aromatic nitrogens is 1. The number of carbonyl (C=O) groups excluding carboxylic acids is 2. The van der Waals surface area contributed by atoms with Gasteiger partial charge >= 0.3 is 0 Å². The summed E-state index contributed by atoms with van der Waals surface area (Å²) in [6, 6.07) is 5.93. The van der Waals surface area contributed by atoms with Crippen LogP contribution in [0.5, 0.6) is 5.75 Å². The first-order valence-corrected chi connectivity index (χ1v) is 15.8. The van der Waals surface area contributed by atoms with Gasteiger partial charge in [0.15, 0.2) is 11.6 Å². The van der Waals surface area contributed by atoms with Gasteiger partial charge in [-0.3, -0.25) is 19.3 Å². The molecule has 44 heavy (non-hydrogen) atoms. The second kappa shape index (κ2) is 12.2. The Morgan fingerprint density at radius 3 is 2.39 bits per heavy atom. The van der Waals surface area contributed by atoms with Crippen LogP contribution in [0.25, 0.3) is 10.9 Å². The third-order valence-corrected chi connectivity index (χ3v) is 9.46. The molecule has 9 nitrogen and oxygen atoms in total. The van der Waals surface area contributed by atoms with Crippen molar-refractivity contribution in [2.24, 2.45) is 0 Å². The summed E-state index contributed by atoms with van der Waals surface area (Å²) in [6.07, 6.45) is 4.40. The molecular formula is C32H36Cl2FN5O4. The van der Waals surface area contributed by atoms with E-state index in [1.165, 1.54) is 13.2 Å². The Morgan fingerprint density at radius 1 is 1.09 bits per heavy atom. The summed E-state index contributed by atoms with van der Waals surface area (Å²) in [4.78, 5) is 46.1. The number of halogens is 3. The van der Waals surface area contributed by atoms with Crippen LogP contribution >= 0.6 is 23.2 Å². The second-order valence-electron chi connectivity index (χ2n) is 12.1. The lowest BCUT2D eigenvalue weighted by Gasteiger charge is -2.46. The number of amides is 2. The molecule has 2 aromatic carbocycles. The molecule has 0 bridgehead atoms.